The number of carbonyl (C=O) groups is 1. The van der Waals surface area contributed by atoms with Crippen molar-refractivity contribution in [3.63, 3.8) is 0 Å². The van der Waals surface area contributed by atoms with Gasteiger partial charge in [0, 0.05) is 56.5 Å². The maximum Gasteiger partial charge on any atom is 0.229 e. The van der Waals surface area contributed by atoms with Crippen LogP contribution in [0, 0.1) is 5.92 Å². The standard InChI is InChI=1S/C26H31Cl3N4O/c1-18-21(17-24(31(18)2)19-7-9-20(27)10-8-19)26(34)30-11-4-12-32-13-15-33(16-14-32)23-6-3-5-22(28)25(23)29/h3,5-10,17-18,21H,4,11-16H2,1-2H3,(H,30,34). The van der Waals surface area contributed by atoms with Gasteiger partial charge in [0.05, 0.1) is 21.7 Å². The Balaban J connectivity index is 1.22. The van der Waals surface area contributed by atoms with Crippen molar-refractivity contribution >= 4 is 52.1 Å². The zero-order valence-corrected chi connectivity index (χ0v) is 21.9. The molecular formula is C26H31Cl3N4O. The van der Waals surface area contributed by atoms with Gasteiger partial charge >= 0.3 is 0 Å². The lowest BCUT2D eigenvalue weighted by Crippen LogP contribution is -2.47. The summed E-state index contributed by atoms with van der Waals surface area (Å²) in [6.07, 6.45) is 3.00. The molecule has 34 heavy (non-hydrogen) atoms. The number of carbonyl (C=O) groups excluding carboxylic acids is 1. The van der Waals surface area contributed by atoms with E-state index in [0.29, 0.717) is 21.6 Å². The first-order valence-electron chi connectivity index (χ1n) is 11.7. The van der Waals surface area contributed by atoms with Gasteiger partial charge in [0.1, 0.15) is 0 Å². The molecule has 0 bridgehead atoms. The lowest BCUT2D eigenvalue weighted by molar-refractivity contribution is -0.124. The summed E-state index contributed by atoms with van der Waals surface area (Å²) in [6, 6.07) is 13.6. The summed E-state index contributed by atoms with van der Waals surface area (Å²) < 4.78 is 0. The minimum absolute atomic E-state index is 0.0868. The van der Waals surface area contributed by atoms with Crippen LogP contribution in [0.1, 0.15) is 18.9 Å². The number of halogens is 3. The van der Waals surface area contributed by atoms with Crippen molar-refractivity contribution in [3.05, 3.63) is 69.2 Å². The van der Waals surface area contributed by atoms with Gasteiger partial charge in [0.15, 0.2) is 0 Å². The Labute approximate surface area is 217 Å². The highest BCUT2D eigenvalue weighted by Gasteiger charge is 2.34. The molecule has 1 N–H and O–H groups in total. The van der Waals surface area contributed by atoms with Crippen LogP contribution in [0.25, 0.3) is 5.70 Å². The van der Waals surface area contributed by atoms with Gasteiger partial charge < -0.3 is 15.1 Å². The number of hydrogen-bond donors (Lipinski definition) is 1. The van der Waals surface area contributed by atoms with E-state index in [1.807, 2.05) is 49.5 Å². The molecule has 2 aliphatic rings. The lowest BCUT2D eigenvalue weighted by Gasteiger charge is -2.36. The molecule has 2 aliphatic heterocycles. The third-order valence-electron chi connectivity index (χ3n) is 6.89. The van der Waals surface area contributed by atoms with Crippen molar-refractivity contribution in [2.45, 2.75) is 19.4 Å². The Morgan fingerprint density at radius 3 is 2.44 bits per heavy atom. The number of rotatable bonds is 7. The fourth-order valence-corrected chi connectivity index (χ4v) is 5.22. The molecule has 0 aromatic heterocycles. The number of benzene rings is 2. The van der Waals surface area contributed by atoms with Crippen LogP contribution in [0.3, 0.4) is 0 Å². The van der Waals surface area contributed by atoms with E-state index >= 15 is 0 Å². The summed E-state index contributed by atoms with van der Waals surface area (Å²) in [5.41, 5.74) is 3.15. The molecule has 2 atom stereocenters. The lowest BCUT2D eigenvalue weighted by atomic mass is 10.0. The highest BCUT2D eigenvalue weighted by molar-refractivity contribution is 6.43. The van der Waals surface area contributed by atoms with E-state index in [1.54, 1.807) is 0 Å². The average Bonchev–Trinajstić information content (AvgIpc) is 3.14. The SMILES string of the molecule is CC1C(C(=O)NCCCN2CCN(c3cccc(Cl)c3Cl)CC2)C=C(c2ccc(Cl)cc2)N1C. The molecule has 8 heteroatoms. The predicted molar refractivity (Wildman–Crippen MR) is 143 cm³/mol. The quantitative estimate of drug-likeness (QED) is 0.504. The van der Waals surface area contributed by atoms with Gasteiger partial charge in [-0.05, 0) is 55.8 Å². The smallest absolute Gasteiger partial charge is 0.229 e. The molecule has 1 fully saturated rings. The summed E-state index contributed by atoms with van der Waals surface area (Å²) in [5.74, 6) is -0.0783. The maximum atomic E-state index is 12.9. The molecule has 5 nitrogen and oxygen atoms in total. The fraction of sp³-hybridized carbons (Fsp3) is 0.423. The number of nitrogens with one attached hydrogen (secondary N) is 1. The molecular weight excluding hydrogens is 491 g/mol. The van der Waals surface area contributed by atoms with Crippen LogP contribution in [-0.4, -0.2) is 68.1 Å². The van der Waals surface area contributed by atoms with E-state index < -0.39 is 0 Å². The second-order valence-electron chi connectivity index (χ2n) is 8.98. The first-order valence-corrected chi connectivity index (χ1v) is 12.9. The fourth-order valence-electron chi connectivity index (χ4n) is 4.68. The minimum Gasteiger partial charge on any atom is -0.371 e. The Kier molecular flexibility index (Phi) is 8.30. The summed E-state index contributed by atoms with van der Waals surface area (Å²) >= 11 is 18.6. The van der Waals surface area contributed by atoms with E-state index in [9.17, 15) is 4.79 Å². The van der Waals surface area contributed by atoms with Gasteiger partial charge in [0.25, 0.3) is 0 Å². The van der Waals surface area contributed by atoms with Crippen molar-refractivity contribution in [3.8, 4) is 0 Å². The molecule has 0 aliphatic carbocycles. The van der Waals surface area contributed by atoms with Gasteiger partial charge in [-0.25, -0.2) is 0 Å². The zero-order valence-electron chi connectivity index (χ0n) is 19.6. The van der Waals surface area contributed by atoms with E-state index in [4.69, 9.17) is 34.8 Å². The normalized spacial score (nSPS) is 21.0. The second kappa shape index (κ2) is 11.2. The Morgan fingerprint density at radius 2 is 1.74 bits per heavy atom. The largest absolute Gasteiger partial charge is 0.371 e. The van der Waals surface area contributed by atoms with Crippen LogP contribution in [0.15, 0.2) is 48.5 Å². The first-order chi connectivity index (χ1) is 16.3. The predicted octanol–water partition coefficient (Wildman–Crippen LogP) is 5.27. The zero-order chi connectivity index (χ0) is 24.2. The van der Waals surface area contributed by atoms with E-state index in [0.717, 1.165) is 56.1 Å². The molecule has 2 unspecified atom stereocenters. The average molecular weight is 522 g/mol. The third kappa shape index (κ3) is 5.65. The molecule has 0 saturated carbocycles. The van der Waals surface area contributed by atoms with E-state index in [-0.39, 0.29) is 17.9 Å². The number of nitrogens with zero attached hydrogens (tertiary/aromatic N) is 3. The number of piperazine rings is 1. The van der Waals surface area contributed by atoms with Crippen LogP contribution >= 0.6 is 34.8 Å². The molecule has 2 aromatic carbocycles. The van der Waals surface area contributed by atoms with E-state index in [1.165, 1.54) is 0 Å². The van der Waals surface area contributed by atoms with Crippen LogP contribution in [0.5, 0.6) is 0 Å². The molecule has 0 spiro atoms. The van der Waals surface area contributed by atoms with Crippen LogP contribution in [0.4, 0.5) is 5.69 Å². The molecule has 182 valence electrons. The van der Waals surface area contributed by atoms with Gasteiger partial charge in [-0.1, -0.05) is 53.0 Å². The number of hydrogen-bond acceptors (Lipinski definition) is 4. The Hall–Kier alpha value is -1.92. The summed E-state index contributed by atoms with van der Waals surface area (Å²) in [6.45, 7) is 7.49. The van der Waals surface area contributed by atoms with Crippen LogP contribution < -0.4 is 10.2 Å². The van der Waals surface area contributed by atoms with Gasteiger partial charge in [-0.15, -0.1) is 0 Å². The molecule has 1 saturated heterocycles. The van der Waals surface area contributed by atoms with Crippen molar-refractivity contribution in [2.75, 3.05) is 51.2 Å². The van der Waals surface area contributed by atoms with Crippen molar-refractivity contribution in [2.24, 2.45) is 5.92 Å². The maximum absolute atomic E-state index is 12.9. The van der Waals surface area contributed by atoms with Gasteiger partial charge in [-0.2, -0.15) is 0 Å². The first kappa shape index (κ1) is 25.2. The molecule has 2 aromatic rings. The van der Waals surface area contributed by atoms with Crippen molar-refractivity contribution in [1.29, 1.82) is 0 Å². The molecule has 4 rings (SSSR count). The minimum atomic E-state index is -0.165. The van der Waals surface area contributed by atoms with E-state index in [2.05, 4.69) is 33.0 Å². The van der Waals surface area contributed by atoms with Crippen LogP contribution in [0.2, 0.25) is 15.1 Å². The monoisotopic (exact) mass is 520 g/mol. The topological polar surface area (TPSA) is 38.8 Å². The van der Waals surface area contributed by atoms with Crippen LogP contribution in [-0.2, 0) is 4.79 Å². The van der Waals surface area contributed by atoms with Gasteiger partial charge in [0.2, 0.25) is 5.91 Å². The molecule has 1 amide bonds. The molecule has 2 heterocycles. The molecule has 0 radical (unpaired) electrons. The van der Waals surface area contributed by atoms with Crippen molar-refractivity contribution < 1.29 is 4.79 Å². The second-order valence-corrected chi connectivity index (χ2v) is 10.2. The number of anilines is 1. The van der Waals surface area contributed by atoms with Crippen molar-refractivity contribution in [1.82, 2.24) is 15.1 Å². The van der Waals surface area contributed by atoms with Gasteiger partial charge in [-0.3, -0.25) is 9.69 Å². The Morgan fingerprint density at radius 1 is 1.03 bits per heavy atom. The number of amides is 1. The highest BCUT2D eigenvalue weighted by atomic mass is 35.5. The summed E-state index contributed by atoms with van der Waals surface area (Å²) in [5, 5.41) is 5.07. The summed E-state index contributed by atoms with van der Waals surface area (Å²) in [4.78, 5) is 19.8. The summed E-state index contributed by atoms with van der Waals surface area (Å²) in [7, 11) is 2.04. The Bertz CT molecular complexity index is 1030. The third-order valence-corrected chi connectivity index (χ3v) is 7.95. The highest BCUT2D eigenvalue weighted by Crippen LogP contribution is 2.34.